The highest BCUT2D eigenvalue weighted by molar-refractivity contribution is 6.06. The molecule has 27 heavy (non-hydrogen) atoms. The Bertz CT molecular complexity index is 1010. The molecule has 4 rings (SSSR count). The number of methoxy groups -OCH3 is 1. The summed E-state index contributed by atoms with van der Waals surface area (Å²) in [5.41, 5.74) is 9.33. The first-order valence-electron chi connectivity index (χ1n) is 9.14. The highest BCUT2D eigenvalue weighted by Gasteiger charge is 2.32. The van der Waals surface area contributed by atoms with Crippen molar-refractivity contribution < 1.29 is 9.53 Å². The summed E-state index contributed by atoms with van der Waals surface area (Å²) >= 11 is 0. The zero-order chi connectivity index (χ0) is 19.0. The van der Waals surface area contributed by atoms with Crippen LogP contribution in [0.25, 0.3) is 22.0 Å². The van der Waals surface area contributed by atoms with Crippen molar-refractivity contribution >= 4 is 22.5 Å². The minimum absolute atomic E-state index is 0.237. The highest BCUT2D eigenvalue weighted by Crippen LogP contribution is 2.38. The van der Waals surface area contributed by atoms with Crippen molar-refractivity contribution in [2.45, 2.75) is 25.8 Å². The molecule has 6 nitrogen and oxygen atoms in total. The number of rotatable bonds is 6. The molecule has 2 aromatic carbocycles. The fraction of sp³-hybridized carbons (Fsp3) is 0.286. The summed E-state index contributed by atoms with van der Waals surface area (Å²) in [6, 6.07) is 14.3. The molecule has 138 valence electrons. The van der Waals surface area contributed by atoms with E-state index in [-0.39, 0.29) is 5.69 Å². The topological polar surface area (TPSA) is 81.3 Å². The Labute approximate surface area is 158 Å². The number of primary amides is 1. The van der Waals surface area contributed by atoms with Crippen LogP contribution in [0.1, 0.15) is 30.3 Å². The lowest BCUT2D eigenvalue weighted by atomic mass is 10.0. The van der Waals surface area contributed by atoms with Crippen LogP contribution in [0.2, 0.25) is 0 Å². The zero-order valence-electron chi connectivity index (χ0n) is 15.5. The van der Waals surface area contributed by atoms with Crippen molar-refractivity contribution in [3.8, 4) is 16.9 Å². The summed E-state index contributed by atoms with van der Waals surface area (Å²) in [6.07, 6.45) is 2.24. The smallest absolute Gasteiger partial charge is 0.271 e. The molecule has 0 radical (unpaired) electrons. The van der Waals surface area contributed by atoms with Gasteiger partial charge in [-0.15, -0.1) is 10.2 Å². The van der Waals surface area contributed by atoms with Gasteiger partial charge in [-0.1, -0.05) is 24.3 Å². The van der Waals surface area contributed by atoms with Gasteiger partial charge in [0.25, 0.3) is 5.91 Å². The molecule has 0 aliphatic heterocycles. The fourth-order valence-corrected chi connectivity index (χ4v) is 3.59. The molecule has 1 aliphatic carbocycles. The molecule has 1 aromatic heterocycles. The normalized spacial score (nSPS) is 13.6. The van der Waals surface area contributed by atoms with E-state index in [1.807, 2.05) is 42.5 Å². The number of hydrogen-bond donors (Lipinski definition) is 1. The van der Waals surface area contributed by atoms with E-state index < -0.39 is 5.91 Å². The first-order chi connectivity index (χ1) is 13.1. The van der Waals surface area contributed by atoms with Gasteiger partial charge < -0.3 is 15.4 Å². The number of nitrogens with two attached hydrogens (primary N) is 1. The van der Waals surface area contributed by atoms with Crippen LogP contribution in [-0.4, -0.2) is 35.8 Å². The molecule has 0 spiro atoms. The van der Waals surface area contributed by atoms with E-state index in [4.69, 9.17) is 10.5 Å². The minimum Gasteiger partial charge on any atom is -0.496 e. The van der Waals surface area contributed by atoms with Gasteiger partial charge in [-0.25, -0.2) is 0 Å². The fourth-order valence-electron chi connectivity index (χ4n) is 3.59. The molecule has 0 atom stereocenters. The molecule has 1 heterocycles. The number of amides is 1. The molecule has 0 unspecified atom stereocenters. The van der Waals surface area contributed by atoms with Crippen molar-refractivity contribution in [3.05, 3.63) is 48.2 Å². The number of para-hydroxylation sites is 1. The largest absolute Gasteiger partial charge is 0.496 e. The summed E-state index contributed by atoms with van der Waals surface area (Å²) in [5, 5.41) is 9.34. The molecule has 2 N–H and O–H groups in total. The predicted molar refractivity (Wildman–Crippen MR) is 106 cm³/mol. The number of carbonyl (C=O) groups is 1. The van der Waals surface area contributed by atoms with Crippen molar-refractivity contribution in [2.24, 2.45) is 5.73 Å². The molecule has 6 heteroatoms. The number of aromatic nitrogens is 2. The van der Waals surface area contributed by atoms with E-state index in [9.17, 15) is 4.79 Å². The Balaban J connectivity index is 1.91. The van der Waals surface area contributed by atoms with Gasteiger partial charge in [-0.2, -0.15) is 0 Å². The average molecular weight is 362 g/mol. The van der Waals surface area contributed by atoms with Crippen LogP contribution in [0, 0.1) is 0 Å². The van der Waals surface area contributed by atoms with Crippen LogP contribution in [-0.2, 0) is 0 Å². The van der Waals surface area contributed by atoms with E-state index in [1.165, 1.54) is 0 Å². The standard InChI is InChI=1S/C21H22N4O2/c1-3-25(14-9-10-14)20-16-11-8-13(15-6-4-5-7-18(15)27-2)12-17(16)23-24-19(20)21(22)26/h4-8,11-12,14H,3,9-10H2,1-2H3,(H2,22,26). The molecule has 1 saturated carbocycles. The molecular formula is C21H22N4O2. The zero-order valence-corrected chi connectivity index (χ0v) is 15.5. The Morgan fingerprint density at radius 2 is 2.00 bits per heavy atom. The van der Waals surface area contributed by atoms with Crippen LogP contribution in [0.3, 0.4) is 0 Å². The Hall–Kier alpha value is -3.15. The van der Waals surface area contributed by atoms with Gasteiger partial charge in [-0.05, 0) is 43.5 Å². The maximum absolute atomic E-state index is 12.0. The van der Waals surface area contributed by atoms with Crippen molar-refractivity contribution in [1.29, 1.82) is 0 Å². The number of benzene rings is 2. The first-order valence-corrected chi connectivity index (χ1v) is 9.14. The lowest BCUT2D eigenvalue weighted by Crippen LogP contribution is -2.29. The summed E-state index contributed by atoms with van der Waals surface area (Å²) in [5.74, 6) is 0.249. The molecule has 1 amide bonds. The molecule has 1 fully saturated rings. The summed E-state index contributed by atoms with van der Waals surface area (Å²) in [7, 11) is 1.66. The second-order valence-corrected chi connectivity index (χ2v) is 6.71. The SMILES string of the molecule is CCN(c1c(C(N)=O)nnc2cc(-c3ccccc3OC)ccc12)C1CC1. The maximum Gasteiger partial charge on any atom is 0.271 e. The third-order valence-corrected chi connectivity index (χ3v) is 5.00. The van der Waals surface area contributed by atoms with Crippen LogP contribution < -0.4 is 15.4 Å². The van der Waals surface area contributed by atoms with Crippen molar-refractivity contribution in [2.75, 3.05) is 18.6 Å². The van der Waals surface area contributed by atoms with E-state index >= 15 is 0 Å². The van der Waals surface area contributed by atoms with Gasteiger partial charge in [0, 0.05) is 23.5 Å². The van der Waals surface area contributed by atoms with Gasteiger partial charge in [0.2, 0.25) is 0 Å². The quantitative estimate of drug-likeness (QED) is 0.727. The van der Waals surface area contributed by atoms with Crippen molar-refractivity contribution in [1.82, 2.24) is 10.2 Å². The van der Waals surface area contributed by atoms with E-state index in [1.54, 1.807) is 7.11 Å². The first kappa shape index (κ1) is 17.3. The Morgan fingerprint density at radius 3 is 2.67 bits per heavy atom. The average Bonchev–Trinajstić information content (AvgIpc) is 3.53. The van der Waals surface area contributed by atoms with E-state index in [0.29, 0.717) is 6.04 Å². The molecule has 1 aliphatic rings. The summed E-state index contributed by atoms with van der Waals surface area (Å²) in [4.78, 5) is 14.2. The number of hydrogen-bond acceptors (Lipinski definition) is 5. The van der Waals surface area contributed by atoms with Crippen LogP contribution in [0.15, 0.2) is 42.5 Å². The van der Waals surface area contributed by atoms with Crippen LogP contribution >= 0.6 is 0 Å². The van der Waals surface area contributed by atoms with Crippen LogP contribution in [0.4, 0.5) is 5.69 Å². The van der Waals surface area contributed by atoms with Gasteiger partial charge in [0.1, 0.15) is 5.75 Å². The van der Waals surface area contributed by atoms with Crippen molar-refractivity contribution in [3.63, 3.8) is 0 Å². The molecule has 0 saturated heterocycles. The number of anilines is 1. The van der Waals surface area contributed by atoms with Gasteiger partial charge >= 0.3 is 0 Å². The van der Waals surface area contributed by atoms with E-state index in [0.717, 1.165) is 52.9 Å². The van der Waals surface area contributed by atoms with E-state index in [2.05, 4.69) is 22.0 Å². The lowest BCUT2D eigenvalue weighted by molar-refractivity contribution is 0.0995. The van der Waals surface area contributed by atoms with Gasteiger partial charge in [0.15, 0.2) is 5.69 Å². The van der Waals surface area contributed by atoms with Crippen LogP contribution in [0.5, 0.6) is 5.75 Å². The Kier molecular flexibility index (Phi) is 4.39. The second-order valence-electron chi connectivity index (χ2n) is 6.71. The monoisotopic (exact) mass is 362 g/mol. The number of nitrogens with zero attached hydrogens (tertiary/aromatic N) is 3. The number of ether oxygens (including phenoxy) is 1. The molecule has 0 bridgehead atoms. The molecular weight excluding hydrogens is 340 g/mol. The second kappa shape index (κ2) is 6.87. The lowest BCUT2D eigenvalue weighted by Gasteiger charge is -2.25. The number of fused-ring (bicyclic) bond motifs is 1. The number of carbonyl (C=O) groups excluding carboxylic acids is 1. The summed E-state index contributed by atoms with van der Waals surface area (Å²) in [6.45, 7) is 2.87. The predicted octanol–water partition coefficient (Wildman–Crippen LogP) is 3.39. The summed E-state index contributed by atoms with van der Waals surface area (Å²) < 4.78 is 5.48. The molecule has 3 aromatic rings. The third kappa shape index (κ3) is 3.07. The van der Waals surface area contributed by atoms with Gasteiger partial charge in [0.05, 0.1) is 18.3 Å². The highest BCUT2D eigenvalue weighted by atomic mass is 16.5. The Morgan fingerprint density at radius 1 is 1.22 bits per heavy atom. The minimum atomic E-state index is -0.549. The third-order valence-electron chi connectivity index (χ3n) is 5.00. The maximum atomic E-state index is 12.0. The van der Waals surface area contributed by atoms with Gasteiger partial charge in [-0.3, -0.25) is 4.79 Å².